The summed E-state index contributed by atoms with van der Waals surface area (Å²) in [6, 6.07) is 9.40. The topological polar surface area (TPSA) is 96.8 Å². The summed E-state index contributed by atoms with van der Waals surface area (Å²) < 4.78 is 59.8. The van der Waals surface area contributed by atoms with Crippen molar-refractivity contribution < 1.29 is 27.1 Å². The Labute approximate surface area is 215 Å². The summed E-state index contributed by atoms with van der Waals surface area (Å²) in [5.41, 5.74) is -0.397. The fourth-order valence-corrected chi connectivity index (χ4v) is 3.77. The predicted molar refractivity (Wildman–Crippen MR) is 124 cm³/mol. The number of benzene rings is 2. The minimum absolute atomic E-state index is 0.0277. The van der Waals surface area contributed by atoms with Crippen LogP contribution in [0.2, 0.25) is 10.0 Å². The molecular weight excluding hydrogens is 543 g/mol. The predicted octanol–water partition coefficient (Wildman–Crippen LogP) is 4.53. The van der Waals surface area contributed by atoms with Gasteiger partial charge >= 0.3 is 17.8 Å². The molecule has 0 N–H and O–H groups in total. The lowest BCUT2D eigenvalue weighted by atomic mass is 10.2. The molecule has 2 aromatic heterocycles. The van der Waals surface area contributed by atoms with Crippen LogP contribution < -0.4 is 5.69 Å². The van der Waals surface area contributed by atoms with Crippen LogP contribution in [0.15, 0.2) is 47.3 Å². The maximum atomic E-state index is 13.5. The molecule has 0 aliphatic rings. The molecule has 37 heavy (non-hydrogen) atoms. The van der Waals surface area contributed by atoms with E-state index in [1.165, 1.54) is 30.3 Å². The number of alkyl halides is 3. The third-order valence-corrected chi connectivity index (χ3v) is 5.65. The average molecular weight is 559 g/mol. The van der Waals surface area contributed by atoms with Gasteiger partial charge in [-0.3, -0.25) is 4.57 Å². The molecule has 0 saturated heterocycles. The van der Waals surface area contributed by atoms with Gasteiger partial charge in [-0.2, -0.15) is 13.2 Å². The molecule has 0 spiro atoms. The largest absolute Gasteiger partial charge is 0.463 e. The lowest BCUT2D eigenvalue weighted by molar-refractivity contribution is -0.136. The number of hydrogen-bond donors (Lipinski definition) is 0. The molecule has 0 atom stereocenters. The summed E-state index contributed by atoms with van der Waals surface area (Å²) in [5.74, 6) is -1.98. The zero-order valence-corrected chi connectivity index (χ0v) is 20.4. The molecule has 15 heteroatoms. The van der Waals surface area contributed by atoms with Gasteiger partial charge < -0.3 is 4.74 Å². The highest BCUT2D eigenvalue weighted by Gasteiger charge is 2.29. The molecule has 2 aromatic carbocycles. The molecule has 0 fully saturated rings. The zero-order chi connectivity index (χ0) is 26.9. The first-order valence-corrected chi connectivity index (χ1v) is 11.2. The number of esters is 1. The molecule has 0 amide bonds. The molecule has 4 rings (SSSR count). The number of rotatable bonds is 7. The van der Waals surface area contributed by atoms with Crippen molar-refractivity contribution in [1.82, 2.24) is 29.1 Å². The Morgan fingerprint density at radius 1 is 1.08 bits per heavy atom. The second kappa shape index (κ2) is 10.3. The van der Waals surface area contributed by atoms with Crippen LogP contribution in [0.1, 0.15) is 22.9 Å². The van der Waals surface area contributed by atoms with E-state index in [1.807, 2.05) is 0 Å². The van der Waals surface area contributed by atoms with E-state index < -0.39 is 43.2 Å². The zero-order valence-electron chi connectivity index (χ0n) is 18.8. The quantitative estimate of drug-likeness (QED) is 0.244. The van der Waals surface area contributed by atoms with Crippen molar-refractivity contribution in [3.8, 4) is 17.1 Å². The Balaban J connectivity index is 1.77. The van der Waals surface area contributed by atoms with Crippen LogP contribution in [0.4, 0.5) is 17.6 Å². The van der Waals surface area contributed by atoms with E-state index in [1.54, 1.807) is 0 Å². The number of nitrogens with zero attached hydrogens (tertiary/aromatic N) is 6. The van der Waals surface area contributed by atoms with Gasteiger partial charge in [0.05, 0.1) is 24.2 Å². The van der Waals surface area contributed by atoms with Crippen LogP contribution in [0.25, 0.3) is 17.1 Å². The van der Waals surface area contributed by atoms with Gasteiger partial charge in [-0.1, -0.05) is 23.2 Å². The lowest BCUT2D eigenvalue weighted by Gasteiger charge is -2.08. The molecule has 2 heterocycles. The van der Waals surface area contributed by atoms with Crippen molar-refractivity contribution in [2.24, 2.45) is 0 Å². The van der Waals surface area contributed by atoms with Crippen molar-refractivity contribution in [3.05, 3.63) is 80.5 Å². The number of aromatic nitrogens is 6. The van der Waals surface area contributed by atoms with E-state index in [4.69, 9.17) is 27.9 Å². The second-order valence-corrected chi connectivity index (χ2v) is 8.48. The van der Waals surface area contributed by atoms with Gasteiger partial charge in [-0.15, -0.1) is 10.2 Å². The van der Waals surface area contributed by atoms with Crippen LogP contribution in [-0.4, -0.2) is 48.4 Å². The number of carbonyl (C=O) groups excluding carboxylic acids is 1. The molecule has 0 aliphatic carbocycles. The first-order chi connectivity index (χ1) is 17.5. The fourth-order valence-electron chi connectivity index (χ4n) is 3.40. The summed E-state index contributed by atoms with van der Waals surface area (Å²) in [6.07, 6.45) is -5.77. The van der Waals surface area contributed by atoms with Crippen molar-refractivity contribution in [2.45, 2.75) is 25.7 Å². The maximum Gasteiger partial charge on any atom is 0.390 e. The van der Waals surface area contributed by atoms with E-state index in [0.717, 1.165) is 33.2 Å². The third-order valence-electron chi connectivity index (χ3n) is 5.09. The van der Waals surface area contributed by atoms with Gasteiger partial charge in [0.15, 0.2) is 11.6 Å². The lowest BCUT2D eigenvalue weighted by Crippen LogP contribution is -2.27. The van der Waals surface area contributed by atoms with E-state index in [2.05, 4.69) is 15.2 Å². The molecule has 0 radical (unpaired) electrons. The van der Waals surface area contributed by atoms with Gasteiger partial charge in [0, 0.05) is 17.1 Å². The highest BCUT2D eigenvalue weighted by molar-refractivity contribution is 6.32. The van der Waals surface area contributed by atoms with Crippen LogP contribution in [-0.2, 0) is 17.8 Å². The Morgan fingerprint density at radius 3 is 2.41 bits per heavy atom. The number of hydrogen-bond acceptors (Lipinski definition) is 6. The summed E-state index contributed by atoms with van der Waals surface area (Å²) >= 11 is 12.0. The SMILES string of the molecule is COC(=O)c1nc(Cn2nc(-c3ccc(Cl)cc3)n(CCC(F)(F)F)c2=O)nn1-c1ccc(F)cc1Cl. The van der Waals surface area contributed by atoms with E-state index >= 15 is 0 Å². The molecule has 0 saturated carbocycles. The highest BCUT2D eigenvalue weighted by atomic mass is 35.5. The molecule has 0 unspecified atom stereocenters. The van der Waals surface area contributed by atoms with Gasteiger partial charge in [0.2, 0.25) is 5.82 Å². The number of methoxy groups -OCH3 is 1. The standard InChI is InChI=1S/C22H16Cl2F4N6O3/c1-37-20(35)19-29-17(30-34(19)16-7-6-14(25)10-15(16)24)11-33-21(36)32(9-8-22(26,27)28)18(31-33)12-2-4-13(23)5-3-12/h2-7,10H,8-9,11H2,1H3. The number of halogens is 6. The third kappa shape index (κ3) is 5.83. The van der Waals surface area contributed by atoms with Crippen LogP contribution in [0, 0.1) is 5.82 Å². The van der Waals surface area contributed by atoms with Gasteiger partial charge in [0.25, 0.3) is 0 Å². The van der Waals surface area contributed by atoms with Crippen molar-refractivity contribution >= 4 is 29.2 Å². The summed E-state index contributed by atoms with van der Waals surface area (Å²) in [7, 11) is 1.11. The van der Waals surface area contributed by atoms with Crippen molar-refractivity contribution in [3.63, 3.8) is 0 Å². The Kier molecular flexibility index (Phi) is 7.37. The summed E-state index contributed by atoms with van der Waals surface area (Å²) in [5, 5.41) is 8.67. The molecular formula is C22H16Cl2F4N6O3. The van der Waals surface area contributed by atoms with Gasteiger partial charge in [0.1, 0.15) is 12.4 Å². The first kappa shape index (κ1) is 26.4. The first-order valence-electron chi connectivity index (χ1n) is 10.5. The smallest absolute Gasteiger partial charge is 0.390 e. The van der Waals surface area contributed by atoms with Gasteiger partial charge in [-0.25, -0.2) is 28.3 Å². The summed E-state index contributed by atoms with van der Waals surface area (Å²) in [6.45, 7) is -1.09. The molecule has 194 valence electrons. The highest BCUT2D eigenvalue weighted by Crippen LogP contribution is 2.25. The van der Waals surface area contributed by atoms with Crippen molar-refractivity contribution in [2.75, 3.05) is 7.11 Å². The minimum atomic E-state index is -4.51. The van der Waals surface area contributed by atoms with E-state index in [-0.39, 0.29) is 28.2 Å². The molecule has 4 aromatic rings. The monoisotopic (exact) mass is 558 g/mol. The van der Waals surface area contributed by atoms with Crippen molar-refractivity contribution in [1.29, 1.82) is 0 Å². The van der Waals surface area contributed by atoms with Crippen LogP contribution in [0.5, 0.6) is 0 Å². The van der Waals surface area contributed by atoms with E-state index in [0.29, 0.717) is 10.6 Å². The minimum Gasteiger partial charge on any atom is -0.463 e. The molecule has 0 aliphatic heterocycles. The van der Waals surface area contributed by atoms with Crippen LogP contribution in [0.3, 0.4) is 0 Å². The van der Waals surface area contributed by atoms with E-state index in [9.17, 15) is 27.2 Å². The average Bonchev–Trinajstić information content (AvgIpc) is 3.38. The Bertz CT molecular complexity index is 1510. The molecule has 0 bridgehead atoms. The fraction of sp³-hybridized carbons (Fsp3) is 0.227. The molecule has 9 nitrogen and oxygen atoms in total. The summed E-state index contributed by atoms with van der Waals surface area (Å²) in [4.78, 5) is 29.4. The number of carbonyl (C=O) groups is 1. The Morgan fingerprint density at radius 2 is 1.78 bits per heavy atom. The normalized spacial score (nSPS) is 11.6. The van der Waals surface area contributed by atoms with Crippen LogP contribution >= 0.6 is 23.2 Å². The Hall–Kier alpha value is -3.71. The second-order valence-electron chi connectivity index (χ2n) is 7.64. The number of ether oxygens (including phenoxy) is 1. The van der Waals surface area contributed by atoms with Gasteiger partial charge in [-0.05, 0) is 42.5 Å². The maximum absolute atomic E-state index is 13.5.